The van der Waals surface area contributed by atoms with Gasteiger partial charge >= 0.3 is 5.97 Å². The van der Waals surface area contributed by atoms with E-state index in [4.69, 9.17) is 16.3 Å². The SMILES string of the molecule is CC(OC(=O)c1cccnc1)C(=O)Nc1nc(-c2ccccc2Cl)cs1. The number of carbonyl (C=O) groups is 2. The zero-order valence-electron chi connectivity index (χ0n) is 13.7. The van der Waals surface area contributed by atoms with E-state index in [0.29, 0.717) is 15.8 Å². The van der Waals surface area contributed by atoms with Crippen molar-refractivity contribution in [3.8, 4) is 11.3 Å². The topological polar surface area (TPSA) is 81.2 Å². The Kier molecular flexibility index (Phi) is 5.60. The van der Waals surface area contributed by atoms with Gasteiger partial charge in [0.05, 0.1) is 11.3 Å². The second kappa shape index (κ2) is 8.07. The molecule has 1 atom stereocenters. The van der Waals surface area contributed by atoms with Gasteiger partial charge in [-0.3, -0.25) is 15.1 Å². The molecular formula is C18H14ClN3O3S. The molecule has 0 saturated carbocycles. The molecule has 0 aliphatic rings. The van der Waals surface area contributed by atoms with Crippen LogP contribution in [-0.2, 0) is 9.53 Å². The van der Waals surface area contributed by atoms with E-state index in [9.17, 15) is 9.59 Å². The average Bonchev–Trinajstić information content (AvgIpc) is 3.11. The highest BCUT2D eigenvalue weighted by Crippen LogP contribution is 2.30. The van der Waals surface area contributed by atoms with Crippen molar-refractivity contribution in [2.75, 3.05) is 5.32 Å². The van der Waals surface area contributed by atoms with Gasteiger partial charge in [-0.05, 0) is 25.1 Å². The van der Waals surface area contributed by atoms with Gasteiger partial charge in [0, 0.05) is 28.4 Å². The lowest BCUT2D eigenvalue weighted by Gasteiger charge is -2.12. The molecule has 0 radical (unpaired) electrons. The largest absolute Gasteiger partial charge is 0.449 e. The summed E-state index contributed by atoms with van der Waals surface area (Å²) in [5, 5.41) is 5.41. The molecule has 0 aliphatic carbocycles. The fraction of sp³-hybridized carbons (Fsp3) is 0.111. The number of amides is 1. The zero-order chi connectivity index (χ0) is 18.5. The van der Waals surface area contributed by atoms with Crippen molar-refractivity contribution < 1.29 is 14.3 Å². The second-order valence-corrected chi connectivity index (χ2v) is 6.56. The van der Waals surface area contributed by atoms with Crippen LogP contribution in [0.4, 0.5) is 5.13 Å². The molecule has 2 aromatic heterocycles. The number of esters is 1. The van der Waals surface area contributed by atoms with Crippen LogP contribution in [0.25, 0.3) is 11.3 Å². The Bertz CT molecular complexity index is 930. The summed E-state index contributed by atoms with van der Waals surface area (Å²) in [5.41, 5.74) is 1.72. The Balaban J connectivity index is 1.63. The third kappa shape index (κ3) is 4.25. The van der Waals surface area contributed by atoms with E-state index in [-0.39, 0.29) is 5.56 Å². The summed E-state index contributed by atoms with van der Waals surface area (Å²) < 4.78 is 5.15. The summed E-state index contributed by atoms with van der Waals surface area (Å²) in [6, 6.07) is 10.5. The first-order valence-electron chi connectivity index (χ1n) is 7.67. The predicted molar refractivity (Wildman–Crippen MR) is 100 cm³/mol. The molecule has 1 unspecified atom stereocenters. The van der Waals surface area contributed by atoms with Crippen molar-refractivity contribution in [1.29, 1.82) is 0 Å². The molecule has 1 aromatic carbocycles. The Labute approximate surface area is 158 Å². The average molecular weight is 388 g/mol. The molecule has 0 spiro atoms. The van der Waals surface area contributed by atoms with Crippen LogP contribution in [0.2, 0.25) is 5.02 Å². The molecule has 0 aliphatic heterocycles. The number of aromatic nitrogens is 2. The second-order valence-electron chi connectivity index (χ2n) is 5.30. The molecule has 8 heteroatoms. The fourth-order valence-corrected chi connectivity index (χ4v) is 3.04. The van der Waals surface area contributed by atoms with Crippen molar-refractivity contribution in [1.82, 2.24) is 9.97 Å². The van der Waals surface area contributed by atoms with Gasteiger partial charge in [0.15, 0.2) is 11.2 Å². The van der Waals surface area contributed by atoms with E-state index in [1.54, 1.807) is 29.8 Å². The minimum absolute atomic E-state index is 0.280. The minimum Gasteiger partial charge on any atom is -0.449 e. The summed E-state index contributed by atoms with van der Waals surface area (Å²) >= 11 is 7.42. The third-order valence-corrected chi connectivity index (χ3v) is 4.52. The first-order valence-corrected chi connectivity index (χ1v) is 8.92. The van der Waals surface area contributed by atoms with Gasteiger partial charge in [0.1, 0.15) is 0 Å². The molecule has 6 nitrogen and oxygen atoms in total. The van der Waals surface area contributed by atoms with Crippen LogP contribution in [-0.4, -0.2) is 27.9 Å². The van der Waals surface area contributed by atoms with Crippen LogP contribution in [0.3, 0.4) is 0 Å². The van der Waals surface area contributed by atoms with Crippen molar-refractivity contribution in [3.63, 3.8) is 0 Å². The summed E-state index contributed by atoms with van der Waals surface area (Å²) in [5.74, 6) is -1.08. The molecule has 0 bridgehead atoms. The lowest BCUT2D eigenvalue weighted by molar-refractivity contribution is -0.123. The maximum Gasteiger partial charge on any atom is 0.340 e. The number of hydrogen-bond donors (Lipinski definition) is 1. The number of hydrogen-bond acceptors (Lipinski definition) is 6. The summed E-state index contributed by atoms with van der Waals surface area (Å²) in [6.07, 6.45) is 1.95. The highest BCUT2D eigenvalue weighted by molar-refractivity contribution is 7.14. The first-order chi connectivity index (χ1) is 12.5. The van der Waals surface area contributed by atoms with Gasteiger partial charge in [0.25, 0.3) is 5.91 Å². The quantitative estimate of drug-likeness (QED) is 0.668. The van der Waals surface area contributed by atoms with Gasteiger partial charge in [-0.1, -0.05) is 29.8 Å². The molecule has 3 aromatic rings. The molecule has 0 saturated heterocycles. The number of nitrogens with zero attached hydrogens (tertiary/aromatic N) is 2. The summed E-state index contributed by atoms with van der Waals surface area (Å²) in [7, 11) is 0. The Morgan fingerprint density at radius 3 is 2.77 bits per heavy atom. The van der Waals surface area contributed by atoms with Gasteiger partial charge in [-0.25, -0.2) is 9.78 Å². The van der Waals surface area contributed by atoms with E-state index < -0.39 is 18.0 Å². The van der Waals surface area contributed by atoms with Crippen LogP contribution in [0.5, 0.6) is 0 Å². The maximum absolute atomic E-state index is 12.2. The minimum atomic E-state index is -0.977. The number of rotatable bonds is 5. The van der Waals surface area contributed by atoms with E-state index in [2.05, 4.69) is 15.3 Å². The summed E-state index contributed by atoms with van der Waals surface area (Å²) in [6.45, 7) is 1.49. The maximum atomic E-state index is 12.2. The monoisotopic (exact) mass is 387 g/mol. The number of carbonyl (C=O) groups excluding carboxylic acids is 2. The number of nitrogens with one attached hydrogen (secondary N) is 1. The van der Waals surface area contributed by atoms with Gasteiger partial charge < -0.3 is 4.74 Å². The van der Waals surface area contributed by atoms with E-state index in [1.807, 2.05) is 18.2 Å². The Morgan fingerprint density at radius 2 is 2.04 bits per heavy atom. The third-order valence-electron chi connectivity index (χ3n) is 3.43. The van der Waals surface area contributed by atoms with Gasteiger partial charge in [-0.2, -0.15) is 0 Å². The van der Waals surface area contributed by atoms with Gasteiger partial charge in [-0.15, -0.1) is 11.3 Å². The number of halogens is 1. The highest BCUT2D eigenvalue weighted by atomic mass is 35.5. The van der Waals surface area contributed by atoms with E-state index in [1.165, 1.54) is 24.5 Å². The number of ether oxygens (including phenoxy) is 1. The zero-order valence-corrected chi connectivity index (χ0v) is 15.3. The van der Waals surface area contributed by atoms with Crippen molar-refractivity contribution in [2.24, 2.45) is 0 Å². The van der Waals surface area contributed by atoms with E-state index >= 15 is 0 Å². The molecular weight excluding hydrogens is 374 g/mol. The predicted octanol–water partition coefficient (Wildman–Crippen LogP) is 4.04. The lowest BCUT2D eigenvalue weighted by Crippen LogP contribution is -2.30. The van der Waals surface area contributed by atoms with Crippen molar-refractivity contribution in [2.45, 2.75) is 13.0 Å². The first kappa shape index (κ1) is 18.0. The molecule has 2 heterocycles. The standard InChI is InChI=1S/C18H14ClN3O3S/c1-11(25-17(24)12-5-4-8-20-9-12)16(23)22-18-21-15(10-26-18)13-6-2-3-7-14(13)19/h2-11H,1H3,(H,21,22,23). The molecule has 3 rings (SSSR count). The Morgan fingerprint density at radius 1 is 1.23 bits per heavy atom. The van der Waals surface area contributed by atoms with Crippen molar-refractivity contribution in [3.05, 3.63) is 64.8 Å². The number of thiazole rings is 1. The summed E-state index contributed by atoms with van der Waals surface area (Å²) in [4.78, 5) is 32.4. The number of benzene rings is 1. The number of pyridine rings is 1. The Hall–Kier alpha value is -2.77. The van der Waals surface area contributed by atoms with Crippen LogP contribution < -0.4 is 5.32 Å². The fourth-order valence-electron chi connectivity index (χ4n) is 2.10. The normalized spacial score (nSPS) is 11.6. The molecule has 1 amide bonds. The number of anilines is 1. The highest BCUT2D eigenvalue weighted by Gasteiger charge is 2.20. The molecule has 1 N–H and O–H groups in total. The van der Waals surface area contributed by atoms with Crippen LogP contribution in [0.15, 0.2) is 54.2 Å². The smallest absolute Gasteiger partial charge is 0.340 e. The van der Waals surface area contributed by atoms with Crippen LogP contribution in [0.1, 0.15) is 17.3 Å². The van der Waals surface area contributed by atoms with Crippen LogP contribution >= 0.6 is 22.9 Å². The lowest BCUT2D eigenvalue weighted by atomic mass is 10.2. The van der Waals surface area contributed by atoms with Gasteiger partial charge in [0.2, 0.25) is 0 Å². The van der Waals surface area contributed by atoms with E-state index in [0.717, 1.165) is 5.56 Å². The molecule has 26 heavy (non-hydrogen) atoms. The van der Waals surface area contributed by atoms with Crippen molar-refractivity contribution >= 4 is 39.9 Å². The molecule has 132 valence electrons. The molecule has 0 fully saturated rings. The van der Waals surface area contributed by atoms with Crippen LogP contribution in [0, 0.1) is 0 Å².